The van der Waals surface area contributed by atoms with Crippen LogP contribution in [0, 0.1) is 11.5 Å². The van der Waals surface area contributed by atoms with Gasteiger partial charge in [0, 0.05) is 4.47 Å². The molecule has 78 valence electrons. The van der Waals surface area contributed by atoms with Gasteiger partial charge in [-0.05, 0) is 34.1 Å². The molecule has 6 heteroatoms. The van der Waals surface area contributed by atoms with E-state index in [0.717, 1.165) is 8.95 Å². The first-order valence-electron chi connectivity index (χ1n) is 3.89. The van der Waals surface area contributed by atoms with Crippen LogP contribution in [0.5, 0.6) is 5.75 Å². The summed E-state index contributed by atoms with van der Waals surface area (Å²) < 4.78 is 6.82. The second-order valence-corrected chi connectivity index (χ2v) is 4.29. The van der Waals surface area contributed by atoms with E-state index in [9.17, 15) is 4.79 Å². The number of halogens is 2. The molecule has 0 radical (unpaired) electrons. The maximum atomic E-state index is 10.9. The minimum absolute atomic E-state index is 0.187. The second kappa shape index (κ2) is 5.73. The molecule has 4 nitrogen and oxygen atoms in total. The Balaban J connectivity index is 2.59. The van der Waals surface area contributed by atoms with Crippen molar-refractivity contribution >= 4 is 37.8 Å². The largest absolute Gasteiger partial charge is 0.483 e. The van der Waals surface area contributed by atoms with E-state index in [-0.39, 0.29) is 6.61 Å². The predicted octanol–water partition coefficient (Wildman–Crippen LogP) is 2.19. The third-order valence-electron chi connectivity index (χ3n) is 1.45. The number of nitrogens with zero attached hydrogens (tertiary/aromatic N) is 1. The Bertz CT molecular complexity index is 415. The third kappa shape index (κ3) is 3.90. The van der Waals surface area contributed by atoms with Gasteiger partial charge in [0.25, 0.3) is 5.91 Å². The summed E-state index contributed by atoms with van der Waals surface area (Å²) in [7, 11) is 0. The van der Waals surface area contributed by atoms with Crippen molar-refractivity contribution in [3.8, 4) is 11.9 Å². The molecule has 0 fully saturated rings. The SMILES string of the molecule is N#CNC(=O)COc1ccc(Br)cc1Br. The maximum Gasteiger partial charge on any atom is 0.270 e. The number of hydrogen-bond acceptors (Lipinski definition) is 3. The number of carbonyl (C=O) groups excluding carboxylic acids is 1. The zero-order valence-electron chi connectivity index (χ0n) is 7.46. The van der Waals surface area contributed by atoms with Gasteiger partial charge in [-0.2, -0.15) is 5.26 Å². The van der Waals surface area contributed by atoms with Gasteiger partial charge in [-0.3, -0.25) is 10.1 Å². The van der Waals surface area contributed by atoms with E-state index >= 15 is 0 Å². The highest BCUT2D eigenvalue weighted by atomic mass is 79.9. The molecule has 0 unspecified atom stereocenters. The Kier molecular flexibility index (Phi) is 4.59. The first-order chi connectivity index (χ1) is 7.13. The van der Waals surface area contributed by atoms with Gasteiger partial charge >= 0.3 is 0 Å². The molecule has 1 N–H and O–H groups in total. The molecular formula is C9H6Br2N2O2. The number of nitriles is 1. The van der Waals surface area contributed by atoms with Gasteiger partial charge in [-0.25, -0.2) is 0 Å². The van der Waals surface area contributed by atoms with Crippen LogP contribution in [0.4, 0.5) is 0 Å². The van der Waals surface area contributed by atoms with Crippen molar-refractivity contribution in [2.24, 2.45) is 0 Å². The summed E-state index contributed by atoms with van der Waals surface area (Å²) >= 11 is 6.58. The number of ether oxygens (including phenoxy) is 1. The maximum absolute atomic E-state index is 10.9. The molecule has 0 bridgehead atoms. The van der Waals surface area contributed by atoms with Gasteiger partial charge in [0.2, 0.25) is 0 Å². The zero-order chi connectivity index (χ0) is 11.3. The molecule has 0 aliphatic carbocycles. The molecule has 15 heavy (non-hydrogen) atoms. The van der Waals surface area contributed by atoms with E-state index < -0.39 is 5.91 Å². The molecule has 1 rings (SSSR count). The topological polar surface area (TPSA) is 62.1 Å². The van der Waals surface area contributed by atoms with Crippen LogP contribution in [0.3, 0.4) is 0 Å². The smallest absolute Gasteiger partial charge is 0.270 e. The number of nitrogens with one attached hydrogen (secondary N) is 1. The minimum atomic E-state index is -0.479. The average molecular weight is 334 g/mol. The summed E-state index contributed by atoms with van der Waals surface area (Å²) in [6, 6.07) is 5.31. The molecule has 0 aliphatic rings. The van der Waals surface area contributed by atoms with Crippen molar-refractivity contribution in [2.75, 3.05) is 6.61 Å². The molecule has 0 saturated carbocycles. The Morgan fingerprint density at radius 1 is 1.53 bits per heavy atom. The Morgan fingerprint density at radius 3 is 2.87 bits per heavy atom. The fourth-order valence-electron chi connectivity index (χ4n) is 0.834. The van der Waals surface area contributed by atoms with Gasteiger partial charge in [-0.1, -0.05) is 15.9 Å². The van der Waals surface area contributed by atoms with E-state index in [1.807, 2.05) is 5.32 Å². The van der Waals surface area contributed by atoms with E-state index in [4.69, 9.17) is 10.00 Å². The van der Waals surface area contributed by atoms with Crippen molar-refractivity contribution in [1.82, 2.24) is 5.32 Å². The summed E-state index contributed by atoms with van der Waals surface area (Å²) in [6.45, 7) is -0.187. The Labute approximate surface area is 103 Å². The first-order valence-corrected chi connectivity index (χ1v) is 5.48. The molecule has 0 spiro atoms. The van der Waals surface area contributed by atoms with Crippen LogP contribution in [-0.2, 0) is 4.79 Å². The van der Waals surface area contributed by atoms with Gasteiger partial charge < -0.3 is 4.74 Å². The normalized spacial score (nSPS) is 9.13. The quantitative estimate of drug-likeness (QED) is 0.681. The van der Waals surface area contributed by atoms with Gasteiger partial charge in [-0.15, -0.1) is 0 Å². The van der Waals surface area contributed by atoms with Crippen LogP contribution >= 0.6 is 31.9 Å². The lowest BCUT2D eigenvalue weighted by molar-refractivity contribution is -0.121. The molecule has 1 amide bonds. The van der Waals surface area contributed by atoms with Gasteiger partial charge in [0.15, 0.2) is 12.8 Å². The van der Waals surface area contributed by atoms with Crippen LogP contribution in [0.1, 0.15) is 0 Å². The molecule has 0 atom stereocenters. The summed E-state index contributed by atoms with van der Waals surface area (Å²) in [4.78, 5) is 10.9. The number of amides is 1. The molecule has 1 aromatic rings. The summed E-state index contributed by atoms with van der Waals surface area (Å²) in [5.74, 6) is 0.0682. The molecular weight excluding hydrogens is 328 g/mol. The summed E-state index contributed by atoms with van der Waals surface area (Å²) in [5, 5.41) is 10.1. The fraction of sp³-hybridized carbons (Fsp3) is 0.111. The van der Waals surface area contributed by atoms with Crippen molar-refractivity contribution in [3.05, 3.63) is 27.1 Å². The van der Waals surface area contributed by atoms with Crippen molar-refractivity contribution in [2.45, 2.75) is 0 Å². The van der Waals surface area contributed by atoms with Crippen molar-refractivity contribution < 1.29 is 9.53 Å². The van der Waals surface area contributed by atoms with Crippen LogP contribution < -0.4 is 10.1 Å². The van der Waals surface area contributed by atoms with Crippen LogP contribution in [0.25, 0.3) is 0 Å². The lowest BCUT2D eigenvalue weighted by Crippen LogP contribution is -2.24. The van der Waals surface area contributed by atoms with Crippen LogP contribution in [-0.4, -0.2) is 12.5 Å². The number of benzene rings is 1. The summed E-state index contributed by atoms with van der Waals surface area (Å²) in [6.07, 6.45) is 1.53. The molecule has 0 aliphatic heterocycles. The van der Waals surface area contributed by atoms with E-state index in [1.165, 1.54) is 6.19 Å². The molecule has 1 aromatic carbocycles. The fourth-order valence-corrected chi connectivity index (χ4v) is 2.00. The van der Waals surface area contributed by atoms with Gasteiger partial charge in [0.05, 0.1) is 4.47 Å². The van der Waals surface area contributed by atoms with Gasteiger partial charge in [0.1, 0.15) is 5.75 Å². The number of rotatable bonds is 3. The van der Waals surface area contributed by atoms with E-state index in [0.29, 0.717) is 5.75 Å². The lowest BCUT2D eigenvalue weighted by atomic mass is 10.3. The van der Waals surface area contributed by atoms with Crippen molar-refractivity contribution in [3.63, 3.8) is 0 Å². The minimum Gasteiger partial charge on any atom is -0.483 e. The van der Waals surface area contributed by atoms with Crippen LogP contribution in [0.2, 0.25) is 0 Å². The van der Waals surface area contributed by atoms with Crippen molar-refractivity contribution in [1.29, 1.82) is 5.26 Å². The van der Waals surface area contributed by atoms with E-state index in [2.05, 4.69) is 31.9 Å². The summed E-state index contributed by atoms with van der Waals surface area (Å²) in [5.41, 5.74) is 0. The average Bonchev–Trinajstić information content (AvgIpc) is 2.17. The van der Waals surface area contributed by atoms with Crippen LogP contribution in [0.15, 0.2) is 27.1 Å². The monoisotopic (exact) mass is 332 g/mol. The molecule has 0 aromatic heterocycles. The predicted molar refractivity (Wildman–Crippen MR) is 61.1 cm³/mol. The third-order valence-corrected chi connectivity index (χ3v) is 2.56. The highest BCUT2D eigenvalue weighted by Gasteiger charge is 2.05. The number of carbonyl (C=O) groups is 1. The Morgan fingerprint density at radius 2 is 2.27 bits per heavy atom. The first kappa shape index (κ1) is 12.0. The second-order valence-electron chi connectivity index (χ2n) is 2.52. The highest BCUT2D eigenvalue weighted by molar-refractivity contribution is 9.11. The van der Waals surface area contributed by atoms with E-state index in [1.54, 1.807) is 18.2 Å². The Hall–Kier alpha value is -1.06. The number of hydrogen-bond donors (Lipinski definition) is 1. The highest BCUT2D eigenvalue weighted by Crippen LogP contribution is 2.27. The molecule has 0 saturated heterocycles. The molecule has 0 heterocycles. The standard InChI is InChI=1S/C9H6Br2N2O2/c10-6-1-2-8(7(11)3-6)15-4-9(14)13-5-12/h1-3H,4H2,(H,13,14). The lowest BCUT2D eigenvalue weighted by Gasteiger charge is -2.06. The zero-order valence-corrected chi connectivity index (χ0v) is 10.6.